The van der Waals surface area contributed by atoms with Gasteiger partial charge in [0, 0.05) is 6.04 Å². The average Bonchev–Trinajstić information content (AvgIpc) is 2.32. The molecule has 0 saturated carbocycles. The van der Waals surface area contributed by atoms with Crippen molar-refractivity contribution in [3.63, 3.8) is 0 Å². The molecule has 3 nitrogen and oxygen atoms in total. The van der Waals surface area contributed by atoms with Crippen molar-refractivity contribution in [1.82, 2.24) is 0 Å². The first-order chi connectivity index (χ1) is 8.06. The first-order valence-electron chi connectivity index (χ1n) is 5.67. The molecule has 2 unspecified atom stereocenters. The Morgan fingerprint density at radius 2 is 2.24 bits per heavy atom. The molecule has 1 aromatic rings. The van der Waals surface area contributed by atoms with Crippen LogP contribution in [-0.4, -0.2) is 12.1 Å². The van der Waals surface area contributed by atoms with Crippen molar-refractivity contribution >= 4 is 11.6 Å². The smallest absolute Gasteiger partial charge is 0.181 e. The molecule has 1 rings (SSSR count). The Labute approximate surface area is 107 Å². The largest absolute Gasteiger partial charge is 0.474 e. The maximum Gasteiger partial charge on any atom is 0.181 e. The Morgan fingerprint density at radius 3 is 2.76 bits per heavy atom. The Balaban J connectivity index is 2.76. The van der Waals surface area contributed by atoms with Crippen LogP contribution in [0.15, 0.2) is 18.2 Å². The molecule has 2 N–H and O–H groups in total. The van der Waals surface area contributed by atoms with Gasteiger partial charge in [-0.3, -0.25) is 0 Å². The van der Waals surface area contributed by atoms with E-state index in [1.807, 2.05) is 18.2 Å². The number of benzene rings is 1. The van der Waals surface area contributed by atoms with Crippen molar-refractivity contribution in [2.45, 2.75) is 38.8 Å². The summed E-state index contributed by atoms with van der Waals surface area (Å²) in [5.41, 5.74) is 6.96. The Morgan fingerprint density at radius 1 is 1.53 bits per heavy atom. The van der Waals surface area contributed by atoms with Crippen LogP contribution >= 0.6 is 11.6 Å². The highest BCUT2D eigenvalue weighted by Crippen LogP contribution is 2.26. The highest BCUT2D eigenvalue weighted by Gasteiger charge is 2.08. The summed E-state index contributed by atoms with van der Waals surface area (Å²) in [6.45, 7) is 3.73. The van der Waals surface area contributed by atoms with E-state index in [2.05, 4.69) is 6.92 Å². The minimum atomic E-state index is -0.503. The lowest BCUT2D eigenvalue weighted by molar-refractivity contribution is 0.276. The molecule has 0 fully saturated rings. The molecule has 2 atom stereocenters. The number of rotatable bonds is 5. The minimum absolute atomic E-state index is 0.149. The molecule has 0 spiro atoms. The lowest BCUT2D eigenvalue weighted by Gasteiger charge is -2.12. The predicted molar refractivity (Wildman–Crippen MR) is 69.1 cm³/mol. The van der Waals surface area contributed by atoms with E-state index >= 15 is 0 Å². The summed E-state index contributed by atoms with van der Waals surface area (Å²) in [5, 5.41) is 9.18. The summed E-state index contributed by atoms with van der Waals surface area (Å²) < 4.78 is 5.36. The van der Waals surface area contributed by atoms with E-state index in [4.69, 9.17) is 27.3 Å². The van der Waals surface area contributed by atoms with Crippen LogP contribution in [0, 0.1) is 11.3 Å². The minimum Gasteiger partial charge on any atom is -0.474 e. The van der Waals surface area contributed by atoms with Gasteiger partial charge in [0.25, 0.3) is 0 Å². The summed E-state index contributed by atoms with van der Waals surface area (Å²) in [6.07, 6.45) is 1.22. The number of ether oxygens (including phenoxy) is 1. The molecule has 0 aliphatic rings. The Hall–Kier alpha value is -1.24. The second-order valence-corrected chi connectivity index (χ2v) is 4.43. The number of nitriles is 1. The maximum absolute atomic E-state index is 8.66. The molecular weight excluding hydrogens is 236 g/mol. The van der Waals surface area contributed by atoms with Crippen molar-refractivity contribution in [2.75, 3.05) is 0 Å². The van der Waals surface area contributed by atoms with Gasteiger partial charge in [-0.1, -0.05) is 24.6 Å². The van der Waals surface area contributed by atoms with Crippen LogP contribution in [0.1, 0.15) is 25.8 Å². The van der Waals surface area contributed by atoms with Crippen molar-refractivity contribution in [3.8, 4) is 11.8 Å². The first-order valence-corrected chi connectivity index (χ1v) is 6.04. The van der Waals surface area contributed by atoms with E-state index in [9.17, 15) is 0 Å². The first kappa shape index (κ1) is 13.8. The van der Waals surface area contributed by atoms with Crippen LogP contribution in [0.25, 0.3) is 0 Å². The van der Waals surface area contributed by atoms with Crippen LogP contribution < -0.4 is 10.5 Å². The zero-order valence-corrected chi connectivity index (χ0v) is 10.9. The van der Waals surface area contributed by atoms with Gasteiger partial charge in [0.15, 0.2) is 6.10 Å². The summed E-state index contributed by atoms with van der Waals surface area (Å²) in [7, 11) is 0. The molecule has 0 bridgehead atoms. The van der Waals surface area contributed by atoms with Crippen LogP contribution in [-0.2, 0) is 6.42 Å². The average molecular weight is 253 g/mol. The molecule has 0 aliphatic heterocycles. The number of hydrogen-bond acceptors (Lipinski definition) is 3. The van der Waals surface area contributed by atoms with Crippen LogP contribution in [0.2, 0.25) is 5.02 Å². The van der Waals surface area contributed by atoms with Crippen molar-refractivity contribution in [1.29, 1.82) is 5.26 Å². The lowest BCUT2D eigenvalue weighted by atomic mass is 10.0. The van der Waals surface area contributed by atoms with Gasteiger partial charge in [0.05, 0.1) is 5.02 Å². The van der Waals surface area contributed by atoms with Gasteiger partial charge in [-0.2, -0.15) is 5.26 Å². The predicted octanol–water partition coefficient (Wildman–Crippen LogP) is 2.91. The fourth-order valence-corrected chi connectivity index (χ4v) is 1.68. The molecule has 0 aromatic heterocycles. The molecule has 0 heterocycles. The second kappa shape index (κ2) is 6.48. The van der Waals surface area contributed by atoms with Crippen molar-refractivity contribution in [2.24, 2.45) is 5.73 Å². The van der Waals surface area contributed by atoms with Crippen LogP contribution in [0.4, 0.5) is 0 Å². The van der Waals surface area contributed by atoms with Gasteiger partial charge in [0.1, 0.15) is 11.8 Å². The second-order valence-electron chi connectivity index (χ2n) is 4.03. The molecular formula is C13H17ClN2O. The summed E-state index contributed by atoms with van der Waals surface area (Å²) in [4.78, 5) is 0. The molecule has 92 valence electrons. The highest BCUT2D eigenvalue weighted by molar-refractivity contribution is 6.32. The normalized spacial score (nSPS) is 13.8. The fraction of sp³-hybridized carbons (Fsp3) is 0.462. The SMILES string of the molecule is CCC(N)Cc1ccc(OC(C)C#N)c(Cl)c1. The standard InChI is InChI=1S/C13H17ClN2O/c1-3-11(16)6-10-4-5-13(12(14)7-10)17-9(2)8-15/h4-5,7,9,11H,3,6,16H2,1-2H3. The molecule has 0 aliphatic carbocycles. The summed E-state index contributed by atoms with van der Waals surface area (Å²) >= 11 is 6.08. The monoisotopic (exact) mass is 252 g/mol. The Kier molecular flexibility index (Phi) is 5.27. The molecule has 17 heavy (non-hydrogen) atoms. The zero-order chi connectivity index (χ0) is 12.8. The van der Waals surface area contributed by atoms with E-state index in [0.717, 1.165) is 18.4 Å². The van der Waals surface area contributed by atoms with Gasteiger partial charge >= 0.3 is 0 Å². The van der Waals surface area contributed by atoms with Crippen LogP contribution in [0.3, 0.4) is 0 Å². The molecule has 0 saturated heterocycles. The number of hydrogen-bond donors (Lipinski definition) is 1. The molecule has 0 radical (unpaired) electrons. The third kappa shape index (κ3) is 4.26. The van der Waals surface area contributed by atoms with Gasteiger partial charge in [-0.15, -0.1) is 0 Å². The third-order valence-corrected chi connectivity index (χ3v) is 2.80. The van der Waals surface area contributed by atoms with E-state index in [-0.39, 0.29) is 6.04 Å². The van der Waals surface area contributed by atoms with E-state index < -0.39 is 6.10 Å². The van der Waals surface area contributed by atoms with E-state index in [1.54, 1.807) is 13.0 Å². The van der Waals surface area contributed by atoms with Gasteiger partial charge in [0.2, 0.25) is 0 Å². The number of nitrogens with zero attached hydrogens (tertiary/aromatic N) is 1. The molecule has 0 amide bonds. The summed E-state index contributed by atoms with van der Waals surface area (Å²) in [5.74, 6) is 0.537. The van der Waals surface area contributed by atoms with Crippen molar-refractivity contribution in [3.05, 3.63) is 28.8 Å². The molecule has 1 aromatic carbocycles. The quantitative estimate of drug-likeness (QED) is 0.877. The maximum atomic E-state index is 8.66. The van der Waals surface area contributed by atoms with E-state index in [0.29, 0.717) is 10.8 Å². The van der Waals surface area contributed by atoms with Gasteiger partial charge < -0.3 is 10.5 Å². The van der Waals surface area contributed by atoms with E-state index in [1.165, 1.54) is 0 Å². The van der Waals surface area contributed by atoms with Crippen LogP contribution in [0.5, 0.6) is 5.75 Å². The Bertz CT molecular complexity index is 414. The zero-order valence-electron chi connectivity index (χ0n) is 10.1. The molecule has 4 heteroatoms. The van der Waals surface area contributed by atoms with Gasteiger partial charge in [-0.05, 0) is 37.5 Å². The lowest BCUT2D eigenvalue weighted by Crippen LogP contribution is -2.21. The third-order valence-electron chi connectivity index (χ3n) is 2.50. The number of halogens is 1. The van der Waals surface area contributed by atoms with Gasteiger partial charge in [-0.25, -0.2) is 0 Å². The fourth-order valence-electron chi connectivity index (χ4n) is 1.43. The van der Waals surface area contributed by atoms with Crippen molar-refractivity contribution < 1.29 is 4.74 Å². The topological polar surface area (TPSA) is 59.0 Å². The summed E-state index contributed by atoms with van der Waals surface area (Å²) in [6, 6.07) is 7.71. The highest BCUT2D eigenvalue weighted by atomic mass is 35.5. The number of nitrogens with two attached hydrogens (primary N) is 1.